The molecule has 2 aliphatic heterocycles. The zero-order chi connectivity index (χ0) is 22.8. The number of fused-ring (bicyclic) bond motifs is 2. The van der Waals surface area contributed by atoms with Crippen LogP contribution in [0.3, 0.4) is 0 Å². The Morgan fingerprint density at radius 3 is 2.48 bits per heavy atom. The number of nitrogens with one attached hydrogen (secondary N) is 1. The number of sulfonamides is 1. The molecule has 0 spiro atoms. The Morgan fingerprint density at radius 1 is 1.06 bits per heavy atom. The van der Waals surface area contributed by atoms with E-state index in [9.17, 15) is 13.2 Å². The van der Waals surface area contributed by atoms with Crippen LogP contribution in [0.5, 0.6) is 0 Å². The number of nitrogens with zero attached hydrogens (tertiary/aromatic N) is 2. The van der Waals surface area contributed by atoms with E-state index in [4.69, 9.17) is 4.52 Å². The normalized spacial score (nSPS) is 25.4. The molecule has 1 saturated carbocycles. The monoisotopic (exact) mass is 471 g/mol. The van der Waals surface area contributed by atoms with Crippen molar-refractivity contribution in [3.63, 3.8) is 0 Å². The van der Waals surface area contributed by atoms with Crippen LogP contribution in [0.4, 0.5) is 0 Å². The minimum Gasteiger partial charge on any atom is -0.360 e. The van der Waals surface area contributed by atoms with E-state index in [0.29, 0.717) is 24.6 Å². The third-order valence-electron chi connectivity index (χ3n) is 7.32. The molecule has 2 bridgehead atoms. The highest BCUT2D eigenvalue weighted by Crippen LogP contribution is 2.43. The molecule has 7 nitrogen and oxygen atoms in total. The summed E-state index contributed by atoms with van der Waals surface area (Å²) in [6, 6.07) is 12.0. The Balaban J connectivity index is 1.10. The number of carbonyl (C=O) groups is 1. The van der Waals surface area contributed by atoms with Crippen molar-refractivity contribution < 1.29 is 17.7 Å². The number of piperidine rings is 1. The molecule has 8 heteroatoms. The van der Waals surface area contributed by atoms with Crippen LogP contribution in [-0.2, 0) is 16.4 Å². The van der Waals surface area contributed by atoms with E-state index >= 15 is 0 Å². The van der Waals surface area contributed by atoms with Gasteiger partial charge in [0.05, 0.1) is 5.75 Å². The van der Waals surface area contributed by atoms with Crippen molar-refractivity contribution in [1.29, 1.82) is 0 Å². The van der Waals surface area contributed by atoms with Gasteiger partial charge in [-0.2, -0.15) is 4.31 Å². The molecule has 3 heterocycles. The highest BCUT2D eigenvalue weighted by molar-refractivity contribution is 7.89. The van der Waals surface area contributed by atoms with Crippen molar-refractivity contribution in [3.05, 3.63) is 53.4 Å². The average Bonchev–Trinajstić information content (AvgIpc) is 3.45. The maximum absolute atomic E-state index is 13.1. The summed E-state index contributed by atoms with van der Waals surface area (Å²) in [5.41, 5.74) is 1.68. The van der Waals surface area contributed by atoms with Crippen LogP contribution in [-0.4, -0.2) is 54.6 Å². The first-order chi connectivity index (χ1) is 16.0. The van der Waals surface area contributed by atoms with Crippen LogP contribution in [0, 0.1) is 5.92 Å². The Morgan fingerprint density at radius 2 is 1.79 bits per heavy atom. The maximum atomic E-state index is 13.1. The fourth-order valence-electron chi connectivity index (χ4n) is 5.52. The molecule has 1 unspecified atom stereocenters. The molecule has 33 heavy (non-hydrogen) atoms. The number of Topliss-reactive ketones (excluding diaryl/α,β-unsaturated/α-hetero) is 1. The predicted octanol–water partition coefficient (Wildman–Crippen LogP) is 3.53. The van der Waals surface area contributed by atoms with Gasteiger partial charge in [0.2, 0.25) is 10.0 Å². The van der Waals surface area contributed by atoms with Crippen molar-refractivity contribution in [1.82, 2.24) is 14.8 Å². The molecule has 2 saturated heterocycles. The van der Waals surface area contributed by atoms with E-state index in [1.807, 2.05) is 18.2 Å². The molecule has 0 amide bonds. The molecule has 2 aromatic rings. The third kappa shape index (κ3) is 5.39. The number of ketones is 1. The number of rotatable bonds is 11. The Bertz CT molecular complexity index is 1050. The predicted molar refractivity (Wildman–Crippen MR) is 126 cm³/mol. The molecule has 3 atom stereocenters. The summed E-state index contributed by atoms with van der Waals surface area (Å²) < 4.78 is 33.3. The second kappa shape index (κ2) is 9.68. The lowest BCUT2D eigenvalue weighted by Crippen LogP contribution is -2.48. The van der Waals surface area contributed by atoms with E-state index in [2.05, 4.69) is 22.6 Å². The number of hydrogen-bond donors (Lipinski definition) is 1. The lowest BCUT2D eigenvalue weighted by atomic mass is 9.87. The molecular formula is C25H33N3O4S. The van der Waals surface area contributed by atoms with E-state index in [-0.39, 0.29) is 29.5 Å². The van der Waals surface area contributed by atoms with E-state index in [1.165, 1.54) is 5.56 Å². The van der Waals surface area contributed by atoms with Crippen LogP contribution in [0.2, 0.25) is 0 Å². The molecule has 5 rings (SSSR count). The van der Waals surface area contributed by atoms with Gasteiger partial charge in [0, 0.05) is 37.0 Å². The van der Waals surface area contributed by atoms with Crippen molar-refractivity contribution in [2.24, 2.45) is 5.92 Å². The Labute approximate surface area is 196 Å². The first kappa shape index (κ1) is 22.7. The molecule has 1 N–H and O–H groups in total. The van der Waals surface area contributed by atoms with Crippen LogP contribution in [0.25, 0.3) is 0 Å². The summed E-state index contributed by atoms with van der Waals surface area (Å²) in [6.07, 6.45) is 6.85. The Hall–Kier alpha value is -2.03. The van der Waals surface area contributed by atoms with Gasteiger partial charge in [-0.05, 0) is 63.0 Å². The van der Waals surface area contributed by atoms with Gasteiger partial charge >= 0.3 is 0 Å². The molecule has 1 aliphatic carbocycles. The summed E-state index contributed by atoms with van der Waals surface area (Å²) in [7, 11) is -3.31. The van der Waals surface area contributed by atoms with E-state index < -0.39 is 10.0 Å². The van der Waals surface area contributed by atoms with Gasteiger partial charge in [0.25, 0.3) is 0 Å². The molecule has 3 aliphatic rings. The summed E-state index contributed by atoms with van der Waals surface area (Å²) >= 11 is 0. The first-order valence-electron chi connectivity index (χ1n) is 12.3. The number of hydrogen-bond acceptors (Lipinski definition) is 6. The van der Waals surface area contributed by atoms with Crippen LogP contribution in [0.1, 0.15) is 72.7 Å². The van der Waals surface area contributed by atoms with Crippen molar-refractivity contribution >= 4 is 15.8 Å². The van der Waals surface area contributed by atoms with E-state index in [0.717, 1.165) is 57.3 Å². The van der Waals surface area contributed by atoms with Gasteiger partial charge in [-0.1, -0.05) is 35.5 Å². The largest absolute Gasteiger partial charge is 0.360 e. The zero-order valence-electron chi connectivity index (χ0n) is 19.0. The highest BCUT2D eigenvalue weighted by Gasteiger charge is 2.46. The smallest absolute Gasteiger partial charge is 0.215 e. The van der Waals surface area contributed by atoms with Crippen molar-refractivity contribution in [2.75, 3.05) is 18.8 Å². The molecule has 1 aromatic carbocycles. The lowest BCUT2D eigenvalue weighted by Gasteiger charge is -2.37. The quantitative estimate of drug-likeness (QED) is 0.398. The van der Waals surface area contributed by atoms with Crippen molar-refractivity contribution in [2.45, 2.75) is 69.4 Å². The van der Waals surface area contributed by atoms with Crippen LogP contribution in [0.15, 0.2) is 40.9 Å². The number of carbonyl (C=O) groups excluding carboxylic acids is 1. The fraction of sp³-hybridized carbons (Fsp3) is 0.600. The summed E-state index contributed by atoms with van der Waals surface area (Å²) in [5.74, 6) is 1.63. The molecule has 1 aromatic heterocycles. The summed E-state index contributed by atoms with van der Waals surface area (Å²) in [4.78, 5) is 12.7. The zero-order valence-corrected chi connectivity index (χ0v) is 19.8. The standard InChI is InChI=1S/C25H33N3O4S/c29-24(23-17-25(32-27-23)20-6-7-20)16-19-14-21-8-9-22(15-19)28(21)33(30,31)13-12-26-11-10-18-4-2-1-3-5-18/h1-5,17,19-22,26H,6-16H2/t19?,21-,22+. The molecular weight excluding hydrogens is 438 g/mol. The van der Waals surface area contributed by atoms with Crippen LogP contribution >= 0.6 is 0 Å². The molecule has 0 radical (unpaired) electrons. The lowest BCUT2D eigenvalue weighted by molar-refractivity contribution is 0.0916. The highest BCUT2D eigenvalue weighted by atomic mass is 32.2. The Kier molecular flexibility index (Phi) is 6.67. The summed E-state index contributed by atoms with van der Waals surface area (Å²) in [5, 5.41) is 7.26. The van der Waals surface area contributed by atoms with Crippen molar-refractivity contribution in [3.8, 4) is 0 Å². The van der Waals surface area contributed by atoms with Gasteiger partial charge < -0.3 is 9.84 Å². The number of benzene rings is 1. The second-order valence-electron chi connectivity index (χ2n) is 9.87. The first-order valence-corrected chi connectivity index (χ1v) is 13.9. The van der Waals surface area contributed by atoms with Gasteiger partial charge in [0.15, 0.2) is 5.78 Å². The minimum atomic E-state index is -3.31. The van der Waals surface area contributed by atoms with Crippen LogP contribution < -0.4 is 5.32 Å². The molecule has 3 fully saturated rings. The average molecular weight is 472 g/mol. The summed E-state index contributed by atoms with van der Waals surface area (Å²) in [6.45, 7) is 1.23. The second-order valence-corrected chi connectivity index (χ2v) is 11.9. The van der Waals surface area contributed by atoms with Gasteiger partial charge in [-0.3, -0.25) is 4.79 Å². The topological polar surface area (TPSA) is 92.5 Å². The van der Waals surface area contributed by atoms with Gasteiger partial charge in [-0.25, -0.2) is 8.42 Å². The maximum Gasteiger partial charge on any atom is 0.215 e. The minimum absolute atomic E-state index is 0.0222. The number of aromatic nitrogens is 1. The van der Waals surface area contributed by atoms with Gasteiger partial charge in [0.1, 0.15) is 11.5 Å². The van der Waals surface area contributed by atoms with E-state index in [1.54, 1.807) is 10.4 Å². The molecule has 178 valence electrons. The fourth-order valence-corrected chi connectivity index (χ4v) is 7.43. The van der Waals surface area contributed by atoms with Gasteiger partial charge in [-0.15, -0.1) is 0 Å². The third-order valence-corrected chi connectivity index (χ3v) is 9.28. The SMILES string of the molecule is O=C(CC1C[C@H]2CC[C@@H](C1)N2S(=O)(=O)CCNCCc1ccccc1)c1cc(C2CC2)on1.